The van der Waals surface area contributed by atoms with Crippen molar-refractivity contribution >= 4 is 41.1 Å². The highest BCUT2D eigenvalue weighted by atomic mass is 32.2. The molecule has 1 fully saturated rings. The third-order valence-electron chi connectivity index (χ3n) is 8.18. The van der Waals surface area contributed by atoms with Crippen molar-refractivity contribution in [2.24, 2.45) is 5.92 Å². The first-order chi connectivity index (χ1) is 23.2. The summed E-state index contributed by atoms with van der Waals surface area (Å²) >= 11 is 1.66. The lowest BCUT2D eigenvalue weighted by molar-refractivity contribution is -0.134. The summed E-state index contributed by atoms with van der Waals surface area (Å²) in [6, 6.07) is 23.9. The molecule has 0 aromatic heterocycles. The molecule has 0 aliphatic carbocycles. The number of methoxy groups -OCH3 is 1. The van der Waals surface area contributed by atoms with Crippen LogP contribution in [0.2, 0.25) is 0 Å². The first-order valence-electron chi connectivity index (χ1n) is 16.0. The smallest absolute Gasteiger partial charge is 0.328 e. The number of carboxylic acid groups (broad SMARTS) is 2. The molecule has 1 unspecified atom stereocenters. The van der Waals surface area contributed by atoms with Crippen LogP contribution in [0.3, 0.4) is 0 Å². The normalized spacial score (nSPS) is 16.1. The minimum Gasteiger partial charge on any atom is -0.497 e. The van der Waals surface area contributed by atoms with Crippen LogP contribution in [0.5, 0.6) is 11.5 Å². The van der Waals surface area contributed by atoms with E-state index in [0.717, 1.165) is 78.5 Å². The lowest BCUT2D eigenvalue weighted by Gasteiger charge is -2.31. The number of fused-ring (bicyclic) bond motifs is 1. The molecule has 0 spiro atoms. The Morgan fingerprint density at radius 1 is 0.896 bits per heavy atom. The summed E-state index contributed by atoms with van der Waals surface area (Å²) in [4.78, 5) is 49.9. The number of carbonyl (C=O) groups excluding carboxylic acids is 2. The number of likely N-dealkylation sites (tertiary alicyclic amines) is 1. The van der Waals surface area contributed by atoms with E-state index in [1.54, 1.807) is 25.8 Å². The van der Waals surface area contributed by atoms with Gasteiger partial charge in [-0.25, -0.2) is 9.59 Å². The molecule has 48 heavy (non-hydrogen) atoms. The molecule has 0 saturated carbocycles. The van der Waals surface area contributed by atoms with Gasteiger partial charge in [-0.15, -0.1) is 0 Å². The maximum absolute atomic E-state index is 12.7. The third-order valence-corrected chi connectivity index (χ3v) is 9.47. The lowest BCUT2D eigenvalue weighted by Crippen LogP contribution is -2.37. The van der Waals surface area contributed by atoms with Crippen LogP contribution >= 0.6 is 11.8 Å². The van der Waals surface area contributed by atoms with E-state index in [9.17, 15) is 19.2 Å². The number of anilines is 1. The predicted molar refractivity (Wildman–Crippen MR) is 185 cm³/mol. The Kier molecular flexibility index (Phi) is 13.6. The third kappa shape index (κ3) is 10.4. The van der Waals surface area contributed by atoms with E-state index in [1.807, 2.05) is 71.6 Å². The zero-order valence-electron chi connectivity index (χ0n) is 27.2. The van der Waals surface area contributed by atoms with Crippen LogP contribution in [0.1, 0.15) is 49.1 Å². The van der Waals surface area contributed by atoms with Gasteiger partial charge in [0.05, 0.1) is 19.4 Å². The van der Waals surface area contributed by atoms with E-state index in [4.69, 9.17) is 19.7 Å². The fourth-order valence-electron chi connectivity index (χ4n) is 5.75. The van der Waals surface area contributed by atoms with Crippen LogP contribution < -0.4 is 14.4 Å². The molecule has 0 bridgehead atoms. The number of carbonyl (C=O) groups is 4. The summed E-state index contributed by atoms with van der Waals surface area (Å²) in [5, 5.41) is 15.4. The van der Waals surface area contributed by atoms with E-state index in [2.05, 4.69) is 11.0 Å². The van der Waals surface area contributed by atoms with Crippen molar-refractivity contribution in [3.8, 4) is 11.5 Å². The number of para-hydroxylation sites is 1. The first-order valence-corrected chi connectivity index (χ1v) is 16.8. The second-order valence-corrected chi connectivity index (χ2v) is 12.7. The Balaban J connectivity index is 0.000000579. The van der Waals surface area contributed by atoms with Crippen molar-refractivity contribution < 1.29 is 38.9 Å². The number of aliphatic carboxylic acids is 2. The number of nitrogens with zero attached hydrogens (tertiary/aromatic N) is 2. The molecule has 2 aliphatic heterocycles. The zero-order valence-corrected chi connectivity index (χ0v) is 28.1. The molecule has 2 N–H and O–H groups in total. The van der Waals surface area contributed by atoms with Crippen LogP contribution in [-0.2, 0) is 25.6 Å². The van der Waals surface area contributed by atoms with Crippen molar-refractivity contribution in [2.75, 3.05) is 38.3 Å². The topological polar surface area (TPSA) is 134 Å². The molecular weight excluding hydrogens is 632 g/mol. The maximum atomic E-state index is 12.7. The van der Waals surface area contributed by atoms with E-state index < -0.39 is 11.9 Å². The fraction of sp³-hybridized carbons (Fsp3) is 0.351. The summed E-state index contributed by atoms with van der Waals surface area (Å²) in [6.45, 7) is 5.20. The summed E-state index contributed by atoms with van der Waals surface area (Å²) in [5.41, 5.74) is 2.99. The Morgan fingerprint density at radius 3 is 2.21 bits per heavy atom. The molecule has 11 heteroatoms. The summed E-state index contributed by atoms with van der Waals surface area (Å²) in [5.74, 6) is -0.423. The van der Waals surface area contributed by atoms with Crippen molar-refractivity contribution in [3.05, 3.63) is 96.1 Å². The quantitative estimate of drug-likeness (QED) is 0.158. The standard InChI is InChI=1S/C33H38N2O4S.C4H4O4/c1-24(36)35-29-12-6-7-13-32(29)40-33(35)28-23-27(38-2)14-15-31(28)39-21-9-8-18-34-19-16-26(17-20-34)30(37)22-25-10-4-3-5-11-25;5-3(6)1-2-4(7)8/h3-7,10-15,23,26,33H,8-9,16-22H2,1-2H3;1-2H,(H,5,6)(H,7,8). The number of amides is 1. The Hall–Kier alpha value is -4.61. The van der Waals surface area contributed by atoms with E-state index in [-0.39, 0.29) is 17.2 Å². The first kappa shape index (κ1) is 36.2. The van der Waals surface area contributed by atoms with Gasteiger partial charge in [0.1, 0.15) is 22.7 Å². The summed E-state index contributed by atoms with van der Waals surface area (Å²) in [6.07, 6.45) is 5.54. The number of ether oxygens (including phenoxy) is 2. The number of unbranched alkanes of at least 4 members (excludes halogenated alkanes) is 1. The SMILES string of the molecule is COc1ccc(OCCCCN2CCC(C(=O)Cc3ccccc3)CC2)c(C2Sc3ccccc3N2C(C)=O)c1.O=C(O)C=CC(=O)O. The van der Waals surface area contributed by atoms with Crippen molar-refractivity contribution in [1.82, 2.24) is 4.90 Å². The monoisotopic (exact) mass is 674 g/mol. The number of thioether (sulfide) groups is 1. The molecule has 2 heterocycles. The zero-order chi connectivity index (χ0) is 34.5. The van der Waals surface area contributed by atoms with Crippen molar-refractivity contribution in [1.29, 1.82) is 0 Å². The van der Waals surface area contributed by atoms with Gasteiger partial charge in [0.2, 0.25) is 5.91 Å². The number of hydrogen-bond donors (Lipinski definition) is 2. The number of hydrogen-bond acceptors (Lipinski definition) is 8. The van der Waals surface area contributed by atoms with Gasteiger partial charge in [-0.3, -0.25) is 14.5 Å². The highest BCUT2D eigenvalue weighted by Gasteiger charge is 2.36. The van der Waals surface area contributed by atoms with Gasteiger partial charge in [-0.1, -0.05) is 54.2 Å². The highest BCUT2D eigenvalue weighted by Crippen LogP contribution is 2.53. The van der Waals surface area contributed by atoms with Crippen LogP contribution in [-0.4, -0.2) is 72.1 Å². The molecule has 5 rings (SSSR count). The van der Waals surface area contributed by atoms with Gasteiger partial charge in [0.25, 0.3) is 0 Å². The Bertz CT molecular complexity index is 1570. The number of carboxylic acids is 2. The van der Waals surface area contributed by atoms with Crippen molar-refractivity contribution in [3.63, 3.8) is 0 Å². The second-order valence-electron chi connectivity index (χ2n) is 11.5. The van der Waals surface area contributed by atoms with Crippen molar-refractivity contribution in [2.45, 2.75) is 49.3 Å². The highest BCUT2D eigenvalue weighted by molar-refractivity contribution is 8.00. The predicted octanol–water partition coefficient (Wildman–Crippen LogP) is 6.25. The molecule has 10 nitrogen and oxygen atoms in total. The average Bonchev–Trinajstić information content (AvgIpc) is 3.48. The van der Waals surface area contributed by atoms with Crippen LogP contribution in [0.4, 0.5) is 5.69 Å². The molecule has 2 aliphatic rings. The van der Waals surface area contributed by atoms with Gasteiger partial charge in [0, 0.05) is 41.9 Å². The molecule has 1 amide bonds. The van der Waals surface area contributed by atoms with Gasteiger partial charge < -0.3 is 24.6 Å². The van der Waals surface area contributed by atoms with Crippen LogP contribution in [0.15, 0.2) is 89.8 Å². The van der Waals surface area contributed by atoms with E-state index >= 15 is 0 Å². The number of ketones is 1. The molecular formula is C37H42N2O8S. The average molecular weight is 675 g/mol. The number of piperidine rings is 1. The number of benzene rings is 3. The minimum absolute atomic E-state index is 0.00163. The molecule has 0 radical (unpaired) electrons. The summed E-state index contributed by atoms with van der Waals surface area (Å²) < 4.78 is 11.8. The Labute approximate surface area is 285 Å². The van der Waals surface area contributed by atoms with Crippen LogP contribution in [0, 0.1) is 5.92 Å². The Morgan fingerprint density at radius 2 is 1.56 bits per heavy atom. The second kappa shape index (κ2) is 18.1. The molecule has 1 saturated heterocycles. The molecule has 3 aromatic carbocycles. The molecule has 254 valence electrons. The number of Topliss-reactive ketones (excluding diaryl/α,β-unsaturated/α-hetero) is 1. The summed E-state index contributed by atoms with van der Waals surface area (Å²) in [7, 11) is 1.65. The largest absolute Gasteiger partial charge is 0.497 e. The van der Waals surface area contributed by atoms with Gasteiger partial charge in [0.15, 0.2) is 0 Å². The van der Waals surface area contributed by atoms with Crippen LogP contribution in [0.25, 0.3) is 0 Å². The van der Waals surface area contributed by atoms with E-state index in [0.29, 0.717) is 31.0 Å². The van der Waals surface area contributed by atoms with E-state index in [1.165, 1.54) is 0 Å². The fourth-order valence-corrected chi connectivity index (χ4v) is 7.12. The molecule has 3 aromatic rings. The lowest BCUT2D eigenvalue weighted by atomic mass is 9.89. The maximum Gasteiger partial charge on any atom is 0.328 e. The van der Waals surface area contributed by atoms with Gasteiger partial charge in [-0.2, -0.15) is 0 Å². The molecule has 1 atom stereocenters. The number of rotatable bonds is 13. The minimum atomic E-state index is -1.26. The van der Waals surface area contributed by atoms with Gasteiger partial charge in [-0.05, 0) is 81.2 Å². The van der Waals surface area contributed by atoms with Gasteiger partial charge >= 0.3 is 11.9 Å².